The van der Waals surface area contributed by atoms with Gasteiger partial charge in [-0.2, -0.15) is 8.78 Å². The van der Waals surface area contributed by atoms with Gasteiger partial charge in [-0.1, -0.05) is 6.07 Å². The highest BCUT2D eigenvalue weighted by molar-refractivity contribution is 5.47. The normalized spacial score (nSPS) is 11.0. The summed E-state index contributed by atoms with van der Waals surface area (Å²) in [5, 5.41) is 3.18. The van der Waals surface area contributed by atoms with E-state index in [1.54, 1.807) is 12.1 Å². The van der Waals surface area contributed by atoms with Gasteiger partial charge < -0.3 is 14.5 Å². The molecule has 0 aliphatic carbocycles. The minimum absolute atomic E-state index is 0.142. The number of alkyl halides is 2. The Morgan fingerprint density at radius 2 is 1.95 bits per heavy atom. The van der Waals surface area contributed by atoms with E-state index in [1.807, 2.05) is 35.0 Å². The number of nitrogens with zero attached hydrogens (tertiary/aromatic N) is 2. The van der Waals surface area contributed by atoms with Gasteiger partial charge in [0, 0.05) is 18.1 Å². The van der Waals surface area contributed by atoms with Crippen LogP contribution in [0.3, 0.4) is 0 Å². The molecule has 0 unspecified atom stereocenters. The molecule has 0 saturated heterocycles. The maximum absolute atomic E-state index is 12.0. The predicted octanol–water partition coefficient (Wildman–Crippen LogP) is 3.55. The molecule has 108 valence electrons. The lowest BCUT2D eigenvalue weighted by atomic mass is 10.3. The van der Waals surface area contributed by atoms with Crippen LogP contribution < -0.4 is 10.1 Å². The number of anilines is 1. The maximum atomic E-state index is 12.0. The van der Waals surface area contributed by atoms with Crippen molar-refractivity contribution in [3.05, 3.63) is 60.6 Å². The summed E-state index contributed by atoms with van der Waals surface area (Å²) in [6.07, 6.45) is 3.87. The third kappa shape index (κ3) is 3.28. The van der Waals surface area contributed by atoms with E-state index in [0.29, 0.717) is 6.54 Å². The van der Waals surface area contributed by atoms with Crippen molar-refractivity contribution in [1.29, 1.82) is 0 Å². The van der Waals surface area contributed by atoms with E-state index in [-0.39, 0.29) is 5.75 Å². The van der Waals surface area contributed by atoms with Gasteiger partial charge in [0.25, 0.3) is 0 Å². The summed E-state index contributed by atoms with van der Waals surface area (Å²) in [5.74, 6) is 0.142. The molecule has 2 heterocycles. The van der Waals surface area contributed by atoms with Gasteiger partial charge in [-0.25, -0.2) is 4.98 Å². The summed E-state index contributed by atoms with van der Waals surface area (Å²) in [5.41, 5.74) is 2.60. The standard InChI is InChI=1S/C15H13F2N3O/c16-15(17)21-13-6-4-11(5-7-13)18-9-12-10-20-8-2-1-3-14(20)19-12/h1-8,10,15,18H,9H2. The molecule has 0 saturated carbocycles. The lowest BCUT2D eigenvalue weighted by molar-refractivity contribution is -0.0498. The van der Waals surface area contributed by atoms with Crippen LogP contribution in [0.4, 0.5) is 14.5 Å². The van der Waals surface area contributed by atoms with E-state index >= 15 is 0 Å². The second kappa shape index (κ2) is 5.78. The van der Waals surface area contributed by atoms with Gasteiger partial charge in [0.1, 0.15) is 11.4 Å². The molecule has 2 aromatic heterocycles. The predicted molar refractivity (Wildman–Crippen MR) is 75.6 cm³/mol. The average molecular weight is 289 g/mol. The zero-order valence-corrected chi connectivity index (χ0v) is 11.0. The second-order valence-electron chi connectivity index (χ2n) is 4.45. The first-order valence-corrected chi connectivity index (χ1v) is 6.42. The quantitative estimate of drug-likeness (QED) is 0.780. The van der Waals surface area contributed by atoms with Gasteiger partial charge in [-0.05, 0) is 36.4 Å². The van der Waals surface area contributed by atoms with Gasteiger partial charge in [0.05, 0.1) is 12.2 Å². The Bertz CT molecular complexity index is 692. The molecule has 4 nitrogen and oxygen atoms in total. The highest BCUT2D eigenvalue weighted by Crippen LogP contribution is 2.18. The van der Waals surface area contributed by atoms with Crippen molar-refractivity contribution in [3.63, 3.8) is 0 Å². The van der Waals surface area contributed by atoms with Crippen molar-refractivity contribution in [2.45, 2.75) is 13.2 Å². The third-order valence-electron chi connectivity index (χ3n) is 2.97. The molecule has 0 bridgehead atoms. The minimum Gasteiger partial charge on any atom is -0.435 e. The fraction of sp³-hybridized carbons (Fsp3) is 0.133. The molecular weight excluding hydrogens is 276 g/mol. The molecular formula is C15H13F2N3O. The van der Waals surface area contributed by atoms with Crippen molar-refractivity contribution < 1.29 is 13.5 Å². The van der Waals surface area contributed by atoms with Gasteiger partial charge in [0.15, 0.2) is 0 Å². The molecule has 0 fully saturated rings. The summed E-state index contributed by atoms with van der Waals surface area (Å²) in [7, 11) is 0. The van der Waals surface area contributed by atoms with Crippen LogP contribution >= 0.6 is 0 Å². The summed E-state index contributed by atoms with van der Waals surface area (Å²) in [6.45, 7) is -2.25. The van der Waals surface area contributed by atoms with Gasteiger partial charge in [-0.3, -0.25) is 0 Å². The number of benzene rings is 1. The van der Waals surface area contributed by atoms with E-state index in [4.69, 9.17) is 0 Å². The molecule has 0 radical (unpaired) electrons. The minimum atomic E-state index is -2.80. The van der Waals surface area contributed by atoms with Crippen LogP contribution in [0.15, 0.2) is 54.9 Å². The Balaban J connectivity index is 1.64. The van der Waals surface area contributed by atoms with Crippen LogP contribution in [0.25, 0.3) is 5.65 Å². The number of fused-ring (bicyclic) bond motifs is 1. The number of aromatic nitrogens is 2. The maximum Gasteiger partial charge on any atom is 0.387 e. The number of halogens is 2. The van der Waals surface area contributed by atoms with E-state index in [0.717, 1.165) is 17.0 Å². The van der Waals surface area contributed by atoms with Crippen LogP contribution in [0.5, 0.6) is 5.75 Å². The monoisotopic (exact) mass is 289 g/mol. The third-order valence-corrected chi connectivity index (χ3v) is 2.97. The van der Waals surface area contributed by atoms with E-state index in [1.165, 1.54) is 12.1 Å². The zero-order valence-electron chi connectivity index (χ0n) is 11.0. The smallest absolute Gasteiger partial charge is 0.387 e. The number of pyridine rings is 1. The summed E-state index contributed by atoms with van der Waals surface area (Å²) in [6, 6.07) is 12.2. The summed E-state index contributed by atoms with van der Waals surface area (Å²) < 4.78 is 30.3. The van der Waals surface area contributed by atoms with Crippen molar-refractivity contribution in [3.8, 4) is 5.75 Å². The first-order chi connectivity index (χ1) is 10.2. The number of hydrogen-bond acceptors (Lipinski definition) is 3. The van der Waals surface area contributed by atoms with Crippen LogP contribution in [-0.4, -0.2) is 16.0 Å². The molecule has 0 aliphatic rings. The Labute approximate surface area is 120 Å². The van der Waals surface area contributed by atoms with E-state index in [9.17, 15) is 8.78 Å². The number of hydrogen-bond donors (Lipinski definition) is 1. The largest absolute Gasteiger partial charge is 0.435 e. The molecule has 21 heavy (non-hydrogen) atoms. The van der Waals surface area contributed by atoms with Gasteiger partial charge in [-0.15, -0.1) is 0 Å². The molecule has 6 heteroatoms. The van der Waals surface area contributed by atoms with Crippen LogP contribution in [0.2, 0.25) is 0 Å². The number of ether oxygens (including phenoxy) is 1. The highest BCUT2D eigenvalue weighted by atomic mass is 19.3. The fourth-order valence-electron chi connectivity index (χ4n) is 2.02. The summed E-state index contributed by atoms with van der Waals surface area (Å²) >= 11 is 0. The Kier molecular flexibility index (Phi) is 3.68. The Morgan fingerprint density at radius 3 is 2.67 bits per heavy atom. The van der Waals surface area contributed by atoms with Gasteiger partial charge in [0.2, 0.25) is 0 Å². The zero-order chi connectivity index (χ0) is 14.7. The Morgan fingerprint density at radius 1 is 1.14 bits per heavy atom. The number of rotatable bonds is 5. The molecule has 0 atom stereocenters. The Hall–Kier alpha value is -2.63. The second-order valence-corrected chi connectivity index (χ2v) is 4.45. The molecule has 0 spiro atoms. The van der Waals surface area contributed by atoms with Crippen LogP contribution in [0, 0.1) is 0 Å². The average Bonchev–Trinajstić information content (AvgIpc) is 2.89. The first kappa shape index (κ1) is 13.4. The van der Waals surface area contributed by atoms with Crippen molar-refractivity contribution in [2.24, 2.45) is 0 Å². The van der Waals surface area contributed by atoms with Crippen molar-refractivity contribution >= 4 is 11.3 Å². The van der Waals surface area contributed by atoms with E-state index < -0.39 is 6.61 Å². The number of imidazole rings is 1. The lowest BCUT2D eigenvalue weighted by Gasteiger charge is -2.07. The van der Waals surface area contributed by atoms with E-state index in [2.05, 4.69) is 15.0 Å². The first-order valence-electron chi connectivity index (χ1n) is 6.42. The molecule has 3 rings (SSSR count). The number of nitrogens with one attached hydrogen (secondary N) is 1. The highest BCUT2D eigenvalue weighted by Gasteiger charge is 2.04. The van der Waals surface area contributed by atoms with Crippen LogP contribution in [0.1, 0.15) is 5.69 Å². The van der Waals surface area contributed by atoms with Crippen molar-refractivity contribution in [1.82, 2.24) is 9.38 Å². The topological polar surface area (TPSA) is 38.6 Å². The fourth-order valence-corrected chi connectivity index (χ4v) is 2.02. The molecule has 0 amide bonds. The molecule has 1 aromatic carbocycles. The van der Waals surface area contributed by atoms with Gasteiger partial charge >= 0.3 is 6.61 Å². The molecule has 1 N–H and O–H groups in total. The summed E-state index contributed by atoms with van der Waals surface area (Å²) in [4.78, 5) is 4.46. The lowest BCUT2D eigenvalue weighted by Crippen LogP contribution is -2.02. The molecule has 0 aliphatic heterocycles. The van der Waals surface area contributed by atoms with Crippen LogP contribution in [-0.2, 0) is 6.54 Å². The SMILES string of the molecule is FC(F)Oc1ccc(NCc2cn3ccccc3n2)cc1. The molecule has 3 aromatic rings. The van der Waals surface area contributed by atoms with Crippen molar-refractivity contribution in [2.75, 3.05) is 5.32 Å².